The molecule has 0 aromatic heterocycles. The predicted molar refractivity (Wildman–Crippen MR) is 330 cm³/mol. The van der Waals surface area contributed by atoms with Gasteiger partial charge >= 0.3 is 0 Å². The van der Waals surface area contributed by atoms with Crippen LogP contribution in [-0.2, 0) is 5.41 Å². The fraction of sp³-hybridized carbons (Fsp3) is 0.0400. The van der Waals surface area contributed by atoms with Crippen LogP contribution in [0, 0.1) is 0 Å². The lowest BCUT2D eigenvalue weighted by atomic mass is 9.82. The molecule has 380 valence electrons. The lowest BCUT2D eigenvalue weighted by Gasteiger charge is -2.32. The molecule has 2 heterocycles. The number of benzene rings is 12. The van der Waals surface area contributed by atoms with Gasteiger partial charge in [0.2, 0.25) is 0 Å². The van der Waals surface area contributed by atoms with E-state index in [1.165, 1.54) is 44.5 Å². The molecular formula is C75H53N3O2. The van der Waals surface area contributed by atoms with Crippen LogP contribution in [0.25, 0.3) is 55.6 Å². The largest absolute Gasteiger partial charge is 0.453 e. The summed E-state index contributed by atoms with van der Waals surface area (Å²) in [7, 11) is 0. The number of hydrogen-bond acceptors (Lipinski definition) is 5. The Morgan fingerprint density at radius 2 is 0.562 bits per heavy atom. The molecule has 5 heteroatoms. The van der Waals surface area contributed by atoms with Gasteiger partial charge in [-0.15, -0.1) is 0 Å². The monoisotopic (exact) mass is 1030 g/mol. The first kappa shape index (κ1) is 46.9. The van der Waals surface area contributed by atoms with Crippen LogP contribution in [-0.4, -0.2) is 0 Å². The molecule has 80 heavy (non-hydrogen) atoms. The molecule has 0 saturated heterocycles. The summed E-state index contributed by atoms with van der Waals surface area (Å²) >= 11 is 0. The SMILES string of the molecule is CC1(C)c2ccccc2-c2ccc(N(c3ccc(-c4ccc(-c5ccc(N6c7ccccc7Oc7ccccc76)cc5)cc4)cc3)c3ccc(-c4ccc(-c5ccc(N6c7ccccc7Oc7ccccc76)cc5)cc4)cc3)cc21. The van der Waals surface area contributed by atoms with Gasteiger partial charge in [-0.3, -0.25) is 0 Å². The lowest BCUT2D eigenvalue weighted by molar-refractivity contribution is 0.477. The van der Waals surface area contributed by atoms with Gasteiger partial charge in [0.05, 0.1) is 22.7 Å². The van der Waals surface area contributed by atoms with Gasteiger partial charge in [-0.2, -0.15) is 0 Å². The highest BCUT2D eigenvalue weighted by atomic mass is 16.5. The van der Waals surface area contributed by atoms with E-state index in [1.807, 2.05) is 48.5 Å². The molecule has 0 fully saturated rings. The first-order valence-corrected chi connectivity index (χ1v) is 27.4. The topological polar surface area (TPSA) is 28.2 Å². The van der Waals surface area contributed by atoms with Crippen molar-refractivity contribution < 1.29 is 9.47 Å². The van der Waals surface area contributed by atoms with Crippen molar-refractivity contribution in [3.05, 3.63) is 296 Å². The molecule has 15 rings (SSSR count). The lowest BCUT2D eigenvalue weighted by Crippen LogP contribution is -2.16. The normalized spacial score (nSPS) is 13.1. The first-order valence-electron chi connectivity index (χ1n) is 27.4. The second-order valence-electron chi connectivity index (χ2n) is 21.3. The van der Waals surface area contributed by atoms with E-state index >= 15 is 0 Å². The summed E-state index contributed by atoms with van der Waals surface area (Å²) in [6.45, 7) is 4.70. The Kier molecular flexibility index (Phi) is 11.1. The molecule has 3 aliphatic rings. The Morgan fingerprint density at radius 1 is 0.275 bits per heavy atom. The van der Waals surface area contributed by atoms with Crippen LogP contribution in [0.1, 0.15) is 25.0 Å². The number of ether oxygens (including phenoxy) is 2. The molecule has 0 saturated carbocycles. The minimum Gasteiger partial charge on any atom is -0.453 e. The Labute approximate surface area is 467 Å². The number of rotatable bonds is 9. The highest BCUT2D eigenvalue weighted by Crippen LogP contribution is 2.53. The predicted octanol–water partition coefficient (Wildman–Crippen LogP) is 21.3. The van der Waals surface area contributed by atoms with E-state index in [2.05, 4.69) is 265 Å². The zero-order chi connectivity index (χ0) is 53.3. The van der Waals surface area contributed by atoms with Crippen molar-refractivity contribution in [3.63, 3.8) is 0 Å². The highest BCUT2D eigenvalue weighted by molar-refractivity contribution is 5.90. The third-order valence-corrected chi connectivity index (χ3v) is 16.3. The van der Waals surface area contributed by atoms with E-state index < -0.39 is 0 Å². The molecule has 0 unspecified atom stereocenters. The van der Waals surface area contributed by atoms with Gasteiger partial charge in [-0.05, 0) is 176 Å². The third-order valence-electron chi connectivity index (χ3n) is 16.3. The summed E-state index contributed by atoms with van der Waals surface area (Å²) in [5, 5.41) is 0. The summed E-state index contributed by atoms with van der Waals surface area (Å²) in [6.07, 6.45) is 0. The molecule has 0 radical (unpaired) electrons. The molecule has 1 aliphatic carbocycles. The maximum atomic E-state index is 6.27. The Bertz CT molecular complexity index is 3980. The van der Waals surface area contributed by atoms with Gasteiger partial charge in [0.15, 0.2) is 23.0 Å². The van der Waals surface area contributed by atoms with Crippen molar-refractivity contribution in [2.24, 2.45) is 0 Å². The van der Waals surface area contributed by atoms with E-state index in [9.17, 15) is 0 Å². The van der Waals surface area contributed by atoms with E-state index in [0.29, 0.717) is 0 Å². The molecule has 12 aromatic carbocycles. The van der Waals surface area contributed by atoms with Crippen LogP contribution in [0.4, 0.5) is 51.2 Å². The van der Waals surface area contributed by atoms with Crippen LogP contribution in [0.5, 0.6) is 23.0 Å². The van der Waals surface area contributed by atoms with Gasteiger partial charge in [-0.25, -0.2) is 0 Å². The van der Waals surface area contributed by atoms with E-state index in [1.54, 1.807) is 0 Å². The number of nitrogens with zero attached hydrogens (tertiary/aromatic N) is 3. The van der Waals surface area contributed by atoms with Gasteiger partial charge in [-0.1, -0.05) is 190 Å². The summed E-state index contributed by atoms with van der Waals surface area (Å²) in [5.41, 5.74) is 24.1. The molecular weight excluding hydrogens is 975 g/mol. The molecule has 0 bridgehead atoms. The standard InChI is InChI=1S/C75H53N3O2/c1-75(2)65-14-4-3-13-63(65)64-48-47-62(49-66(64)75)76(58-39-31-54(32-40-58)50-23-27-52(28-24-50)56-35-43-60(44-36-56)77-67-15-5-9-19-71(67)79-72-20-10-6-16-68(72)77)59-41-33-55(34-42-59)51-25-29-53(30-26-51)57-37-45-61(46-38-57)78-69-17-7-11-21-73(69)80-74-22-12-8-18-70(74)78/h3-49H,1-2H3. The molecule has 5 nitrogen and oxygen atoms in total. The van der Waals surface area contributed by atoms with Gasteiger partial charge in [0, 0.05) is 33.9 Å². The van der Waals surface area contributed by atoms with Crippen molar-refractivity contribution >= 4 is 51.2 Å². The Hall–Kier alpha value is -10.4. The van der Waals surface area contributed by atoms with Crippen LogP contribution in [0.3, 0.4) is 0 Å². The van der Waals surface area contributed by atoms with Gasteiger partial charge in [0.25, 0.3) is 0 Å². The molecule has 0 spiro atoms. The zero-order valence-corrected chi connectivity index (χ0v) is 44.3. The minimum atomic E-state index is -0.133. The molecule has 0 atom stereocenters. The smallest absolute Gasteiger partial charge is 0.151 e. The maximum Gasteiger partial charge on any atom is 0.151 e. The number of anilines is 9. The van der Waals surface area contributed by atoms with Crippen molar-refractivity contribution in [3.8, 4) is 78.6 Å². The van der Waals surface area contributed by atoms with Crippen LogP contribution in [0.15, 0.2) is 285 Å². The van der Waals surface area contributed by atoms with Crippen molar-refractivity contribution in [2.75, 3.05) is 14.7 Å². The second kappa shape index (κ2) is 19.0. The van der Waals surface area contributed by atoms with Crippen molar-refractivity contribution in [1.29, 1.82) is 0 Å². The van der Waals surface area contributed by atoms with Gasteiger partial charge in [0.1, 0.15) is 0 Å². The minimum absolute atomic E-state index is 0.133. The first-order chi connectivity index (χ1) is 39.4. The molecule has 0 N–H and O–H groups in total. The fourth-order valence-electron chi connectivity index (χ4n) is 12.2. The maximum absolute atomic E-state index is 6.27. The summed E-state index contributed by atoms with van der Waals surface area (Å²) in [6, 6.07) is 102. The summed E-state index contributed by atoms with van der Waals surface area (Å²) < 4.78 is 12.5. The Balaban J connectivity index is 0.699. The quantitative estimate of drug-likeness (QED) is 0.144. The van der Waals surface area contributed by atoms with Gasteiger partial charge < -0.3 is 24.2 Å². The molecule has 12 aromatic rings. The number of hydrogen-bond donors (Lipinski definition) is 0. The number of para-hydroxylation sites is 8. The fourth-order valence-corrected chi connectivity index (χ4v) is 12.2. The van der Waals surface area contributed by atoms with Crippen molar-refractivity contribution in [2.45, 2.75) is 19.3 Å². The van der Waals surface area contributed by atoms with E-state index in [-0.39, 0.29) is 5.41 Å². The van der Waals surface area contributed by atoms with Crippen LogP contribution in [0.2, 0.25) is 0 Å². The number of fused-ring (bicyclic) bond motifs is 7. The summed E-state index contributed by atoms with van der Waals surface area (Å²) in [4.78, 5) is 6.95. The summed E-state index contributed by atoms with van der Waals surface area (Å²) in [5.74, 6) is 3.39. The van der Waals surface area contributed by atoms with Crippen LogP contribution >= 0.6 is 0 Å². The second-order valence-corrected chi connectivity index (χ2v) is 21.3. The highest BCUT2D eigenvalue weighted by Gasteiger charge is 2.36. The average molecular weight is 1030 g/mol. The van der Waals surface area contributed by atoms with E-state index in [0.717, 1.165) is 96.4 Å². The van der Waals surface area contributed by atoms with Crippen LogP contribution < -0.4 is 24.2 Å². The Morgan fingerprint density at radius 3 is 0.938 bits per heavy atom. The zero-order valence-electron chi connectivity index (χ0n) is 44.3. The third kappa shape index (κ3) is 8.01. The molecule has 0 amide bonds. The van der Waals surface area contributed by atoms with Crippen molar-refractivity contribution in [1.82, 2.24) is 0 Å². The molecule has 2 aliphatic heterocycles. The van der Waals surface area contributed by atoms with E-state index in [4.69, 9.17) is 9.47 Å². The average Bonchev–Trinajstić information content (AvgIpc) is 3.81.